The molecule has 1 aromatic heterocycles. The maximum atomic E-state index is 12.2. The molecule has 2 aromatic rings. The van der Waals surface area contributed by atoms with Crippen molar-refractivity contribution in [2.75, 3.05) is 18.4 Å². The number of hydrogen-bond donors (Lipinski definition) is 2. The molecule has 0 spiro atoms. The lowest BCUT2D eigenvalue weighted by Gasteiger charge is -2.23. The standard InChI is InChI=1S/C18H22N4O.ClH/c1-2-15-11-21-17(12-20-15)18(23)22-16-7-5-13(6-8-16)14-4-3-9-19-10-14;/h5-8,11-12,14,19H,2-4,9-10H2,1H3,(H,22,23);1H. The second-order valence-electron chi connectivity index (χ2n) is 5.87. The number of aryl methyl sites for hydroxylation is 1. The number of carbonyl (C=O) groups is 1. The van der Waals surface area contributed by atoms with Crippen LogP contribution in [0.2, 0.25) is 0 Å². The van der Waals surface area contributed by atoms with Crippen LogP contribution in [-0.4, -0.2) is 29.0 Å². The molecule has 1 aliphatic rings. The maximum absolute atomic E-state index is 12.2. The highest BCUT2D eigenvalue weighted by atomic mass is 35.5. The van der Waals surface area contributed by atoms with Crippen molar-refractivity contribution >= 4 is 24.0 Å². The van der Waals surface area contributed by atoms with E-state index in [1.165, 1.54) is 24.6 Å². The summed E-state index contributed by atoms with van der Waals surface area (Å²) >= 11 is 0. The van der Waals surface area contributed by atoms with Gasteiger partial charge in [0.15, 0.2) is 0 Å². The van der Waals surface area contributed by atoms with E-state index in [9.17, 15) is 4.79 Å². The van der Waals surface area contributed by atoms with E-state index in [4.69, 9.17) is 0 Å². The Labute approximate surface area is 148 Å². The highest BCUT2D eigenvalue weighted by Gasteiger charge is 2.15. The van der Waals surface area contributed by atoms with Gasteiger partial charge in [0.05, 0.1) is 11.9 Å². The quantitative estimate of drug-likeness (QED) is 0.892. The fraction of sp³-hybridized carbons (Fsp3) is 0.389. The summed E-state index contributed by atoms with van der Waals surface area (Å²) in [4.78, 5) is 20.5. The van der Waals surface area contributed by atoms with Crippen LogP contribution < -0.4 is 10.6 Å². The van der Waals surface area contributed by atoms with Gasteiger partial charge < -0.3 is 10.6 Å². The van der Waals surface area contributed by atoms with Gasteiger partial charge in [0, 0.05) is 18.4 Å². The van der Waals surface area contributed by atoms with Gasteiger partial charge in [-0.15, -0.1) is 12.4 Å². The zero-order valence-corrected chi connectivity index (χ0v) is 14.6. The highest BCUT2D eigenvalue weighted by Crippen LogP contribution is 2.24. The first-order valence-electron chi connectivity index (χ1n) is 8.19. The fourth-order valence-corrected chi connectivity index (χ4v) is 2.82. The second kappa shape index (κ2) is 8.76. The first kappa shape index (κ1) is 18.4. The summed E-state index contributed by atoms with van der Waals surface area (Å²) in [6.45, 7) is 4.15. The number of halogens is 1. The van der Waals surface area contributed by atoms with Crippen LogP contribution >= 0.6 is 12.4 Å². The topological polar surface area (TPSA) is 66.9 Å². The van der Waals surface area contributed by atoms with Gasteiger partial charge in [0.25, 0.3) is 5.91 Å². The Morgan fingerprint density at radius 3 is 2.62 bits per heavy atom. The lowest BCUT2D eigenvalue weighted by atomic mass is 9.92. The molecule has 0 saturated carbocycles. The van der Waals surface area contributed by atoms with Gasteiger partial charge >= 0.3 is 0 Å². The van der Waals surface area contributed by atoms with Crippen molar-refractivity contribution in [1.29, 1.82) is 0 Å². The van der Waals surface area contributed by atoms with E-state index < -0.39 is 0 Å². The molecule has 2 heterocycles. The minimum absolute atomic E-state index is 0. The average molecular weight is 347 g/mol. The maximum Gasteiger partial charge on any atom is 0.275 e. The first-order valence-corrected chi connectivity index (χ1v) is 8.19. The number of amides is 1. The lowest BCUT2D eigenvalue weighted by Crippen LogP contribution is -2.28. The van der Waals surface area contributed by atoms with Crippen molar-refractivity contribution in [2.45, 2.75) is 32.1 Å². The normalized spacial score (nSPS) is 17.0. The van der Waals surface area contributed by atoms with Gasteiger partial charge in [-0.3, -0.25) is 9.78 Å². The summed E-state index contributed by atoms with van der Waals surface area (Å²) in [5.41, 5.74) is 3.32. The van der Waals surface area contributed by atoms with E-state index in [0.29, 0.717) is 11.6 Å². The van der Waals surface area contributed by atoms with E-state index in [1.807, 2.05) is 19.1 Å². The van der Waals surface area contributed by atoms with Crippen LogP contribution in [0, 0.1) is 0 Å². The Bertz CT molecular complexity index is 652. The third kappa shape index (κ3) is 4.52. The van der Waals surface area contributed by atoms with Crippen LogP contribution in [0.5, 0.6) is 0 Å². The smallest absolute Gasteiger partial charge is 0.275 e. The molecule has 1 unspecified atom stereocenters. The van der Waals surface area contributed by atoms with Crippen LogP contribution in [0.4, 0.5) is 5.69 Å². The first-order chi connectivity index (χ1) is 11.3. The van der Waals surface area contributed by atoms with Crippen LogP contribution in [0.1, 0.15) is 47.4 Å². The molecule has 0 radical (unpaired) electrons. The summed E-state index contributed by atoms with van der Waals surface area (Å²) in [6, 6.07) is 8.10. The van der Waals surface area contributed by atoms with Crippen LogP contribution in [-0.2, 0) is 6.42 Å². The van der Waals surface area contributed by atoms with E-state index in [2.05, 4.69) is 32.7 Å². The molecule has 0 aliphatic carbocycles. The zero-order valence-electron chi connectivity index (χ0n) is 13.8. The highest BCUT2D eigenvalue weighted by molar-refractivity contribution is 6.02. The molecule has 3 rings (SSSR count). The predicted octanol–water partition coefficient (Wildman–Crippen LogP) is 3.18. The van der Waals surface area contributed by atoms with Crippen molar-refractivity contribution in [2.24, 2.45) is 0 Å². The van der Waals surface area contributed by atoms with Crippen molar-refractivity contribution < 1.29 is 4.79 Å². The third-order valence-corrected chi connectivity index (χ3v) is 4.24. The van der Waals surface area contributed by atoms with Crippen LogP contribution in [0.25, 0.3) is 0 Å². The predicted molar refractivity (Wildman–Crippen MR) is 97.9 cm³/mol. The number of hydrogen-bond acceptors (Lipinski definition) is 4. The van der Waals surface area contributed by atoms with E-state index in [0.717, 1.165) is 30.9 Å². The number of piperidine rings is 1. The molecular formula is C18H23ClN4O. The Morgan fingerprint density at radius 2 is 2.04 bits per heavy atom. The minimum atomic E-state index is -0.229. The monoisotopic (exact) mass is 346 g/mol. The summed E-state index contributed by atoms with van der Waals surface area (Å²) in [7, 11) is 0. The molecule has 2 N–H and O–H groups in total. The Kier molecular flexibility index (Phi) is 6.70. The van der Waals surface area contributed by atoms with Gasteiger partial charge in [-0.05, 0) is 49.4 Å². The van der Waals surface area contributed by atoms with E-state index in [-0.39, 0.29) is 18.3 Å². The van der Waals surface area contributed by atoms with Crippen molar-refractivity contribution in [3.8, 4) is 0 Å². The van der Waals surface area contributed by atoms with Gasteiger partial charge in [0.1, 0.15) is 5.69 Å². The molecule has 1 amide bonds. The number of nitrogens with one attached hydrogen (secondary N) is 2. The van der Waals surface area contributed by atoms with Gasteiger partial charge in [-0.2, -0.15) is 0 Å². The van der Waals surface area contributed by atoms with Gasteiger partial charge in [0.2, 0.25) is 0 Å². The number of anilines is 1. The number of rotatable bonds is 4. The molecule has 1 aromatic carbocycles. The number of aromatic nitrogens is 2. The molecule has 1 aliphatic heterocycles. The summed E-state index contributed by atoms with van der Waals surface area (Å²) in [5, 5.41) is 6.29. The molecular weight excluding hydrogens is 324 g/mol. The third-order valence-electron chi connectivity index (χ3n) is 4.24. The minimum Gasteiger partial charge on any atom is -0.321 e. The molecule has 6 heteroatoms. The zero-order chi connectivity index (χ0) is 16.1. The summed E-state index contributed by atoms with van der Waals surface area (Å²) in [5.74, 6) is 0.341. The van der Waals surface area contributed by atoms with Crippen molar-refractivity contribution in [3.05, 3.63) is 53.6 Å². The Hall–Kier alpha value is -1.98. The lowest BCUT2D eigenvalue weighted by molar-refractivity contribution is 0.102. The van der Waals surface area contributed by atoms with Crippen LogP contribution in [0.15, 0.2) is 36.7 Å². The number of carbonyl (C=O) groups excluding carboxylic acids is 1. The van der Waals surface area contributed by atoms with E-state index >= 15 is 0 Å². The Balaban J connectivity index is 0.00000208. The second-order valence-corrected chi connectivity index (χ2v) is 5.87. The molecule has 5 nitrogen and oxygen atoms in total. The summed E-state index contributed by atoms with van der Waals surface area (Å²) in [6.07, 6.45) is 6.42. The van der Waals surface area contributed by atoms with Crippen molar-refractivity contribution in [1.82, 2.24) is 15.3 Å². The molecule has 24 heavy (non-hydrogen) atoms. The SMILES string of the molecule is CCc1cnc(C(=O)Nc2ccc(C3CCCNC3)cc2)cn1.Cl. The summed E-state index contributed by atoms with van der Waals surface area (Å²) < 4.78 is 0. The van der Waals surface area contributed by atoms with Gasteiger partial charge in [-0.25, -0.2) is 4.98 Å². The average Bonchev–Trinajstić information content (AvgIpc) is 2.63. The number of benzene rings is 1. The fourth-order valence-electron chi connectivity index (χ4n) is 2.82. The van der Waals surface area contributed by atoms with E-state index in [1.54, 1.807) is 6.20 Å². The molecule has 1 fully saturated rings. The van der Waals surface area contributed by atoms with Gasteiger partial charge in [-0.1, -0.05) is 19.1 Å². The molecule has 1 atom stereocenters. The molecule has 0 bridgehead atoms. The Morgan fingerprint density at radius 1 is 1.25 bits per heavy atom. The molecule has 128 valence electrons. The largest absolute Gasteiger partial charge is 0.321 e. The molecule has 1 saturated heterocycles. The van der Waals surface area contributed by atoms with Crippen molar-refractivity contribution in [3.63, 3.8) is 0 Å². The van der Waals surface area contributed by atoms with Crippen LogP contribution in [0.3, 0.4) is 0 Å². The number of nitrogens with zero attached hydrogens (tertiary/aromatic N) is 2.